The number of nitrogens with one attached hydrogen (secondary N) is 2. The molecule has 2 aliphatic heterocycles. The number of benzodiazepines with no additional fused rings is 1. The van der Waals surface area contributed by atoms with E-state index in [0.29, 0.717) is 49.1 Å². The Hall–Kier alpha value is -4.51. The first-order valence-electron chi connectivity index (χ1n) is 11.5. The van der Waals surface area contributed by atoms with Crippen LogP contribution in [-0.2, 0) is 9.53 Å². The number of amides is 1. The zero-order valence-electron chi connectivity index (χ0n) is 19.7. The maximum Gasteiger partial charge on any atom is 0.317 e. The number of hydrogen-bond donors (Lipinski definition) is 3. The first-order chi connectivity index (χ1) is 17.7. The number of ether oxygens (including phenoxy) is 1. The summed E-state index contributed by atoms with van der Waals surface area (Å²) in [7, 11) is 1.68. The SMILES string of the molecule is CN=C(C(=CN)c1nnc(N[C@H]2N=C(c3ccccc3)c3ccccc3NC2=O)o1)N1CCOCC1. The molecule has 1 saturated heterocycles. The van der Waals surface area contributed by atoms with Crippen molar-refractivity contribution in [3.05, 3.63) is 77.8 Å². The summed E-state index contributed by atoms with van der Waals surface area (Å²) < 4.78 is 11.3. The van der Waals surface area contributed by atoms with Gasteiger partial charge in [0.1, 0.15) is 5.84 Å². The maximum atomic E-state index is 13.1. The number of carbonyl (C=O) groups is 1. The van der Waals surface area contributed by atoms with E-state index in [1.807, 2.05) is 59.5 Å². The van der Waals surface area contributed by atoms with Gasteiger partial charge in [0.05, 0.1) is 30.2 Å². The molecule has 2 aromatic carbocycles. The summed E-state index contributed by atoms with van der Waals surface area (Å²) in [6.07, 6.45) is 0.375. The van der Waals surface area contributed by atoms with Crippen molar-refractivity contribution in [3.8, 4) is 0 Å². The van der Waals surface area contributed by atoms with Crippen LogP contribution in [0.25, 0.3) is 5.57 Å². The van der Waals surface area contributed by atoms with Crippen LogP contribution in [0.3, 0.4) is 0 Å². The molecule has 0 aliphatic carbocycles. The van der Waals surface area contributed by atoms with Crippen LogP contribution in [0.5, 0.6) is 0 Å². The normalized spacial score (nSPS) is 18.7. The number of aliphatic imine (C=N–C) groups is 2. The topological polar surface area (TPSA) is 143 Å². The molecule has 36 heavy (non-hydrogen) atoms. The molecule has 184 valence electrons. The molecule has 11 nitrogen and oxygen atoms in total. The Kier molecular flexibility index (Phi) is 6.72. The van der Waals surface area contributed by atoms with Gasteiger partial charge in [-0.3, -0.25) is 9.79 Å². The highest BCUT2D eigenvalue weighted by atomic mass is 16.5. The molecule has 1 aromatic heterocycles. The van der Waals surface area contributed by atoms with Crippen molar-refractivity contribution >= 4 is 34.7 Å². The molecule has 11 heteroatoms. The Morgan fingerprint density at radius 1 is 1.14 bits per heavy atom. The van der Waals surface area contributed by atoms with Crippen molar-refractivity contribution in [2.75, 3.05) is 44.0 Å². The largest absolute Gasteiger partial charge is 0.404 e. The fraction of sp³-hybridized carbons (Fsp3) is 0.240. The molecule has 3 heterocycles. The van der Waals surface area contributed by atoms with Gasteiger partial charge in [-0.05, 0) is 6.07 Å². The van der Waals surface area contributed by atoms with E-state index in [1.165, 1.54) is 6.20 Å². The number of hydrogen-bond acceptors (Lipinski definition) is 9. The average molecular weight is 487 g/mol. The van der Waals surface area contributed by atoms with E-state index in [-0.39, 0.29) is 17.8 Å². The van der Waals surface area contributed by atoms with Crippen LogP contribution in [0.4, 0.5) is 11.7 Å². The Morgan fingerprint density at radius 2 is 1.89 bits per heavy atom. The molecule has 4 N–H and O–H groups in total. The number of amidine groups is 1. The summed E-state index contributed by atoms with van der Waals surface area (Å²) in [4.78, 5) is 24.2. The van der Waals surface area contributed by atoms with Crippen LogP contribution < -0.4 is 16.4 Å². The Labute approximate surface area is 207 Å². The minimum atomic E-state index is -1.01. The lowest BCUT2D eigenvalue weighted by Gasteiger charge is -2.29. The standard InChI is InChI=1S/C25H26N8O3/c1-27-22(33-11-13-35-14-12-33)18(15-26)24-31-32-25(36-24)30-21-23(34)28-19-10-6-5-9-17(19)20(29-21)16-7-3-2-4-8-16/h2-10,15,21H,11-14,26H2,1H3,(H,28,34)(H,30,32)/t21-/m1/s1. The third-order valence-corrected chi connectivity index (χ3v) is 5.84. The van der Waals surface area contributed by atoms with E-state index < -0.39 is 6.17 Å². The molecule has 0 bridgehead atoms. The number of benzene rings is 2. The second-order valence-electron chi connectivity index (χ2n) is 8.06. The second-order valence-corrected chi connectivity index (χ2v) is 8.06. The molecular weight excluding hydrogens is 460 g/mol. The number of aromatic nitrogens is 2. The van der Waals surface area contributed by atoms with Crippen LogP contribution in [0.1, 0.15) is 17.0 Å². The molecule has 0 unspecified atom stereocenters. The third-order valence-electron chi connectivity index (χ3n) is 5.84. The predicted octanol–water partition coefficient (Wildman–Crippen LogP) is 1.96. The second kappa shape index (κ2) is 10.4. The maximum absolute atomic E-state index is 13.1. The lowest BCUT2D eigenvalue weighted by atomic mass is 10.0. The van der Waals surface area contributed by atoms with E-state index in [0.717, 1.165) is 11.1 Å². The van der Waals surface area contributed by atoms with Crippen LogP contribution in [0.15, 0.2) is 75.2 Å². The fourth-order valence-electron chi connectivity index (χ4n) is 4.14. The Bertz CT molecular complexity index is 1330. The molecule has 0 radical (unpaired) electrons. The number of rotatable bonds is 5. The van der Waals surface area contributed by atoms with Crippen LogP contribution in [0.2, 0.25) is 0 Å². The molecular formula is C25H26N8O3. The fourth-order valence-corrected chi connectivity index (χ4v) is 4.14. The predicted molar refractivity (Wildman–Crippen MR) is 137 cm³/mol. The number of carbonyl (C=O) groups excluding carboxylic acids is 1. The lowest BCUT2D eigenvalue weighted by molar-refractivity contribution is -0.116. The van der Waals surface area contributed by atoms with Crippen molar-refractivity contribution in [3.63, 3.8) is 0 Å². The van der Waals surface area contributed by atoms with Crippen LogP contribution >= 0.6 is 0 Å². The van der Waals surface area contributed by atoms with Gasteiger partial charge in [0, 0.05) is 37.5 Å². The number of fused-ring (bicyclic) bond motifs is 1. The lowest BCUT2D eigenvalue weighted by Crippen LogP contribution is -2.41. The van der Waals surface area contributed by atoms with Crippen molar-refractivity contribution in [2.45, 2.75) is 6.17 Å². The molecule has 1 amide bonds. The molecule has 0 spiro atoms. The summed E-state index contributed by atoms with van der Waals surface area (Å²) in [5, 5.41) is 14.1. The highest BCUT2D eigenvalue weighted by molar-refractivity contribution is 6.21. The van der Waals surface area contributed by atoms with Gasteiger partial charge in [-0.2, -0.15) is 0 Å². The highest BCUT2D eigenvalue weighted by Crippen LogP contribution is 2.25. The van der Waals surface area contributed by atoms with E-state index in [9.17, 15) is 4.79 Å². The summed E-state index contributed by atoms with van der Waals surface area (Å²) in [6, 6.07) is 17.2. The molecule has 1 atom stereocenters. The summed E-state index contributed by atoms with van der Waals surface area (Å²) >= 11 is 0. The molecule has 2 aliphatic rings. The summed E-state index contributed by atoms with van der Waals surface area (Å²) in [5.41, 5.74) is 9.44. The Balaban J connectivity index is 1.43. The number of para-hydroxylation sites is 1. The summed E-state index contributed by atoms with van der Waals surface area (Å²) in [5.74, 6) is 0.451. The third kappa shape index (κ3) is 4.68. The zero-order chi connectivity index (χ0) is 24.9. The van der Waals surface area contributed by atoms with Gasteiger partial charge in [-0.1, -0.05) is 53.6 Å². The molecule has 5 rings (SSSR count). The Morgan fingerprint density at radius 3 is 2.64 bits per heavy atom. The molecule has 3 aromatic rings. The van der Waals surface area contributed by atoms with Crippen molar-refractivity contribution in [1.82, 2.24) is 15.1 Å². The van der Waals surface area contributed by atoms with Gasteiger partial charge in [-0.25, -0.2) is 4.99 Å². The average Bonchev–Trinajstić information content (AvgIpc) is 3.33. The number of morpholine rings is 1. The van der Waals surface area contributed by atoms with Crippen molar-refractivity contribution in [2.24, 2.45) is 15.7 Å². The number of anilines is 2. The summed E-state index contributed by atoms with van der Waals surface area (Å²) in [6.45, 7) is 2.52. The van der Waals surface area contributed by atoms with Gasteiger partial charge in [0.25, 0.3) is 11.8 Å². The minimum Gasteiger partial charge on any atom is -0.404 e. The van der Waals surface area contributed by atoms with Gasteiger partial charge in [0.2, 0.25) is 6.17 Å². The smallest absolute Gasteiger partial charge is 0.317 e. The number of nitrogens with zero attached hydrogens (tertiary/aromatic N) is 5. The van der Waals surface area contributed by atoms with E-state index >= 15 is 0 Å². The van der Waals surface area contributed by atoms with Gasteiger partial charge < -0.3 is 30.4 Å². The first kappa shape index (κ1) is 23.2. The van der Waals surface area contributed by atoms with Crippen molar-refractivity contribution in [1.29, 1.82) is 0 Å². The zero-order valence-corrected chi connectivity index (χ0v) is 19.7. The molecule has 0 saturated carbocycles. The first-order valence-corrected chi connectivity index (χ1v) is 11.5. The van der Waals surface area contributed by atoms with E-state index in [4.69, 9.17) is 19.9 Å². The van der Waals surface area contributed by atoms with Crippen LogP contribution in [0, 0.1) is 0 Å². The van der Waals surface area contributed by atoms with E-state index in [2.05, 4.69) is 25.8 Å². The van der Waals surface area contributed by atoms with Crippen LogP contribution in [-0.4, -0.2) is 72.1 Å². The van der Waals surface area contributed by atoms with Gasteiger partial charge in [-0.15, -0.1) is 5.10 Å². The van der Waals surface area contributed by atoms with Gasteiger partial charge in [0.15, 0.2) is 0 Å². The number of nitrogens with two attached hydrogens (primary N) is 1. The molecule has 1 fully saturated rings. The van der Waals surface area contributed by atoms with Crippen molar-refractivity contribution < 1.29 is 13.9 Å². The van der Waals surface area contributed by atoms with E-state index in [1.54, 1.807) is 7.05 Å². The highest BCUT2D eigenvalue weighted by Gasteiger charge is 2.28. The monoisotopic (exact) mass is 486 g/mol. The quantitative estimate of drug-likeness (QED) is 0.367. The minimum absolute atomic E-state index is 0.0315. The van der Waals surface area contributed by atoms with Gasteiger partial charge >= 0.3 is 6.01 Å².